The molecule has 0 fully saturated rings. The number of carboxylic acids is 2. The van der Waals surface area contributed by atoms with E-state index in [4.69, 9.17) is 20.4 Å². The van der Waals surface area contributed by atoms with Crippen molar-refractivity contribution in [1.82, 2.24) is 0 Å². The summed E-state index contributed by atoms with van der Waals surface area (Å²) >= 11 is 7.46. The van der Waals surface area contributed by atoms with Crippen LogP contribution in [0.25, 0.3) is 0 Å². The van der Waals surface area contributed by atoms with E-state index >= 15 is 0 Å². The fraction of sp³-hybridized carbons (Fsp3) is 0. The summed E-state index contributed by atoms with van der Waals surface area (Å²) in [7, 11) is 0. The molecule has 2 radical (unpaired) electrons. The van der Waals surface area contributed by atoms with Gasteiger partial charge in [-0.05, 0) is 24.3 Å². The molecule has 28 heavy (non-hydrogen) atoms. The Bertz CT molecular complexity index is 710. The molecule has 0 saturated carbocycles. The number of phenols is 4. The standard InChI is InChI=1S/2C7H6O4S.2Ag.Pb.S/c2*8-4-1-3(7(10)11)2-5(12)6(4)9;;;;/h2*1-2,8-9,12H,(H,10,11);;;;/q;;2*+1;+2;-2/p-2. The molecule has 0 aromatic heterocycles. The molecular weight excluding hydrogens is 815 g/mol. The van der Waals surface area contributed by atoms with E-state index in [1.165, 1.54) is 0 Å². The molecule has 4 N–H and O–H groups in total. The Balaban J connectivity index is -0.000000180. The van der Waals surface area contributed by atoms with E-state index in [1.807, 2.05) is 0 Å². The van der Waals surface area contributed by atoms with E-state index in [9.17, 15) is 19.8 Å². The maximum absolute atomic E-state index is 10.3. The van der Waals surface area contributed by atoms with Gasteiger partial charge in [0.05, 0.1) is 21.7 Å². The molecular formula is C14H10Ag2O8PbS3. The summed E-state index contributed by atoms with van der Waals surface area (Å²) in [6.07, 6.45) is 0. The SMILES string of the molecule is O=C([O-])c1cc(O)c(O)c(S)c1.O=C([O-])c1cc(O)c(O)c(S)c1.[Ag+].[Ag+].[Pb+2].[S-2]. The fourth-order valence-electron chi connectivity index (χ4n) is 1.44. The first-order chi connectivity index (χ1) is 11.0. The molecule has 0 atom stereocenters. The molecule has 2 aromatic carbocycles. The molecule has 0 aliphatic rings. The predicted octanol–water partition coefficient (Wildman–Crippen LogP) is -0.888. The number of aromatic hydroxyl groups is 4. The van der Waals surface area contributed by atoms with E-state index in [-0.39, 0.29) is 106 Å². The van der Waals surface area contributed by atoms with Gasteiger partial charge < -0.3 is 53.7 Å². The van der Waals surface area contributed by atoms with Gasteiger partial charge in [0.2, 0.25) is 0 Å². The summed E-state index contributed by atoms with van der Waals surface area (Å²) in [4.78, 5) is 20.5. The Morgan fingerprint density at radius 3 is 1.14 bits per heavy atom. The van der Waals surface area contributed by atoms with Gasteiger partial charge in [-0.2, -0.15) is 0 Å². The first kappa shape index (κ1) is 35.5. The Labute approximate surface area is 228 Å². The molecule has 8 nitrogen and oxygen atoms in total. The topological polar surface area (TPSA) is 161 Å². The van der Waals surface area contributed by atoms with Crippen molar-refractivity contribution in [2.45, 2.75) is 9.79 Å². The molecule has 0 heterocycles. The van der Waals surface area contributed by atoms with Crippen LogP contribution in [0.15, 0.2) is 34.1 Å². The van der Waals surface area contributed by atoms with Crippen LogP contribution in [0.3, 0.4) is 0 Å². The van der Waals surface area contributed by atoms with Gasteiger partial charge in [0.15, 0.2) is 23.0 Å². The molecule has 0 spiro atoms. The number of aromatic carboxylic acids is 2. The van der Waals surface area contributed by atoms with Crippen LogP contribution in [-0.2, 0) is 58.3 Å². The average molecular weight is 825 g/mol. The van der Waals surface area contributed by atoms with Crippen molar-refractivity contribution < 1.29 is 85.0 Å². The molecule has 158 valence electrons. The zero-order valence-corrected chi connectivity index (χ0v) is 22.6. The van der Waals surface area contributed by atoms with Crippen LogP contribution in [0.5, 0.6) is 23.0 Å². The fourth-order valence-corrected chi connectivity index (χ4v) is 1.95. The molecule has 14 heteroatoms. The minimum Gasteiger partial charge on any atom is -2.00 e. The third-order valence-electron chi connectivity index (χ3n) is 2.61. The second kappa shape index (κ2) is 15.8. The largest absolute Gasteiger partial charge is 2.00 e. The Kier molecular flexibility index (Phi) is 20.0. The minimum absolute atomic E-state index is 0. The van der Waals surface area contributed by atoms with Gasteiger partial charge in [-0.1, -0.05) is 0 Å². The number of thiol groups is 2. The smallest absolute Gasteiger partial charge is 2.00 e. The van der Waals surface area contributed by atoms with Crippen molar-refractivity contribution in [2.75, 3.05) is 0 Å². The van der Waals surface area contributed by atoms with Crippen LogP contribution in [0, 0.1) is 0 Å². The van der Waals surface area contributed by atoms with Gasteiger partial charge in [-0.15, -0.1) is 25.3 Å². The van der Waals surface area contributed by atoms with Crippen LogP contribution in [0.1, 0.15) is 20.7 Å². The van der Waals surface area contributed by atoms with E-state index in [1.54, 1.807) is 0 Å². The van der Waals surface area contributed by atoms with Gasteiger partial charge in [-0.25, -0.2) is 0 Å². The van der Waals surface area contributed by atoms with Gasteiger partial charge in [0.1, 0.15) is 0 Å². The maximum Gasteiger partial charge on any atom is 2.00 e. The zero-order chi connectivity index (χ0) is 18.6. The molecule has 0 saturated heterocycles. The Morgan fingerprint density at radius 2 is 0.964 bits per heavy atom. The summed E-state index contributed by atoms with van der Waals surface area (Å²) in [5, 5.41) is 56.4. The third-order valence-corrected chi connectivity index (χ3v) is 3.29. The minimum atomic E-state index is -1.43. The molecule has 0 aliphatic heterocycles. The molecule has 2 aromatic rings. The normalized spacial score (nSPS) is 8.36. The van der Waals surface area contributed by atoms with Crippen LogP contribution in [-0.4, -0.2) is 59.7 Å². The van der Waals surface area contributed by atoms with Crippen molar-refractivity contribution in [2.24, 2.45) is 0 Å². The van der Waals surface area contributed by atoms with E-state index in [2.05, 4.69) is 25.3 Å². The number of hydrogen-bond acceptors (Lipinski definition) is 10. The molecule has 0 amide bonds. The molecule has 0 unspecified atom stereocenters. The van der Waals surface area contributed by atoms with Crippen molar-refractivity contribution in [3.05, 3.63) is 35.4 Å². The van der Waals surface area contributed by atoms with Crippen molar-refractivity contribution >= 4 is 78.0 Å². The number of rotatable bonds is 2. The summed E-state index contributed by atoms with van der Waals surface area (Å²) < 4.78 is 0. The average Bonchev–Trinajstić information content (AvgIpc) is 2.49. The van der Waals surface area contributed by atoms with Crippen molar-refractivity contribution in [1.29, 1.82) is 0 Å². The van der Waals surface area contributed by atoms with E-state index < -0.39 is 34.9 Å². The van der Waals surface area contributed by atoms with E-state index in [0.29, 0.717) is 0 Å². The van der Waals surface area contributed by atoms with Crippen LogP contribution < -0.4 is 10.2 Å². The second-order valence-corrected chi connectivity index (χ2v) is 5.26. The number of phenolic OH excluding ortho intramolecular Hbond substituents is 4. The molecule has 0 aliphatic carbocycles. The Hall–Kier alpha value is 0.0326. The first-order valence-electron chi connectivity index (χ1n) is 5.97. The van der Waals surface area contributed by atoms with Crippen molar-refractivity contribution in [3.8, 4) is 23.0 Å². The van der Waals surface area contributed by atoms with Gasteiger partial charge in [0, 0.05) is 11.1 Å². The maximum atomic E-state index is 10.3. The first-order valence-corrected chi connectivity index (χ1v) is 6.86. The monoisotopic (exact) mass is 824 g/mol. The summed E-state index contributed by atoms with van der Waals surface area (Å²) in [6, 6.07) is 3.97. The number of carbonyl (C=O) groups is 2. The van der Waals surface area contributed by atoms with Crippen LogP contribution >= 0.6 is 25.3 Å². The summed E-state index contributed by atoms with van der Waals surface area (Å²) in [5.74, 6) is -4.80. The number of carbonyl (C=O) groups excluding carboxylic acids is 2. The van der Waals surface area contributed by atoms with Crippen molar-refractivity contribution in [3.63, 3.8) is 0 Å². The van der Waals surface area contributed by atoms with Gasteiger partial charge in [-0.3, -0.25) is 0 Å². The number of hydrogen-bond donors (Lipinski definition) is 6. The summed E-state index contributed by atoms with van der Waals surface area (Å²) in [5.41, 5.74) is -0.453. The Morgan fingerprint density at radius 1 is 0.714 bits per heavy atom. The number of carboxylic acid groups (broad SMARTS) is 2. The number of benzene rings is 2. The third kappa shape index (κ3) is 10.2. The van der Waals surface area contributed by atoms with Gasteiger partial charge in [0.25, 0.3) is 0 Å². The summed E-state index contributed by atoms with van der Waals surface area (Å²) in [6.45, 7) is 0. The quantitative estimate of drug-likeness (QED) is 0.129. The molecule has 0 bridgehead atoms. The van der Waals surface area contributed by atoms with Crippen LogP contribution in [0.4, 0.5) is 0 Å². The zero-order valence-electron chi connectivity index (χ0n) is 13.1. The van der Waals surface area contributed by atoms with Crippen LogP contribution in [0.2, 0.25) is 0 Å². The van der Waals surface area contributed by atoms with E-state index in [0.717, 1.165) is 24.3 Å². The molecule has 2 rings (SSSR count). The van der Waals surface area contributed by atoms with Gasteiger partial charge >= 0.3 is 72.1 Å². The predicted molar refractivity (Wildman–Crippen MR) is 95.8 cm³/mol. The second-order valence-electron chi connectivity index (χ2n) is 4.30.